The van der Waals surface area contributed by atoms with Crippen LogP contribution in [0.5, 0.6) is 0 Å². The molecule has 172 valence electrons. The van der Waals surface area contributed by atoms with Crippen molar-refractivity contribution in [2.75, 3.05) is 26.2 Å². The Bertz CT molecular complexity index is 1080. The average molecular weight is 458 g/mol. The van der Waals surface area contributed by atoms with Crippen LogP contribution in [0.25, 0.3) is 0 Å². The third kappa shape index (κ3) is 5.19. The van der Waals surface area contributed by atoms with Gasteiger partial charge in [0.15, 0.2) is 0 Å². The molecule has 1 fully saturated rings. The van der Waals surface area contributed by atoms with E-state index in [1.165, 1.54) is 4.31 Å². The fraction of sp³-hybridized carbons (Fsp3) is 0.417. The monoisotopic (exact) mass is 457 g/mol. The minimum absolute atomic E-state index is 0.105. The first-order chi connectivity index (χ1) is 15.1. The lowest BCUT2D eigenvalue weighted by atomic mass is 10.0. The van der Waals surface area contributed by atoms with Crippen LogP contribution >= 0.6 is 0 Å². The van der Waals surface area contributed by atoms with Crippen molar-refractivity contribution in [3.05, 3.63) is 65.2 Å². The number of nitrogens with zero attached hydrogens (tertiary/aromatic N) is 2. The second-order valence-electron chi connectivity index (χ2n) is 8.56. The zero-order valence-electron chi connectivity index (χ0n) is 19.0. The van der Waals surface area contributed by atoms with Gasteiger partial charge >= 0.3 is 0 Å². The van der Waals surface area contributed by atoms with Crippen LogP contribution in [0.4, 0.5) is 0 Å². The van der Waals surface area contributed by atoms with Crippen LogP contribution in [0.1, 0.15) is 35.3 Å². The zero-order chi connectivity index (χ0) is 23.5. The van der Waals surface area contributed by atoms with Crippen LogP contribution in [0.2, 0.25) is 0 Å². The molecule has 32 heavy (non-hydrogen) atoms. The quantitative estimate of drug-likeness (QED) is 0.722. The Hall–Kier alpha value is -2.71. The maximum absolute atomic E-state index is 13.2. The lowest BCUT2D eigenvalue weighted by molar-refractivity contribution is -0.135. The molecule has 8 heteroatoms. The molecule has 1 aliphatic rings. The number of hydrogen-bond acceptors (Lipinski definition) is 4. The summed E-state index contributed by atoms with van der Waals surface area (Å²) in [5, 5.41) is 2.85. The molecular formula is C24H31N3O4S. The third-order valence-corrected chi connectivity index (χ3v) is 7.81. The highest BCUT2D eigenvalue weighted by Crippen LogP contribution is 2.22. The molecule has 0 radical (unpaired) electrons. The molecule has 1 heterocycles. The summed E-state index contributed by atoms with van der Waals surface area (Å²) in [6.45, 7) is 8.50. The van der Waals surface area contributed by atoms with Crippen molar-refractivity contribution in [3.63, 3.8) is 0 Å². The number of hydrogen-bond donors (Lipinski definition) is 1. The summed E-state index contributed by atoms with van der Waals surface area (Å²) in [6, 6.07) is 13.4. The van der Waals surface area contributed by atoms with E-state index in [4.69, 9.17) is 0 Å². The average Bonchev–Trinajstić information content (AvgIpc) is 2.77. The summed E-state index contributed by atoms with van der Waals surface area (Å²) < 4.78 is 27.6. The first kappa shape index (κ1) is 23.9. The van der Waals surface area contributed by atoms with Crippen molar-refractivity contribution in [2.24, 2.45) is 5.92 Å². The molecule has 3 rings (SSSR count). The van der Waals surface area contributed by atoms with Crippen LogP contribution in [0.3, 0.4) is 0 Å². The predicted molar refractivity (Wildman–Crippen MR) is 124 cm³/mol. The Morgan fingerprint density at radius 3 is 2.12 bits per heavy atom. The molecule has 2 aromatic rings. The Morgan fingerprint density at radius 1 is 0.938 bits per heavy atom. The van der Waals surface area contributed by atoms with Crippen molar-refractivity contribution in [1.82, 2.24) is 14.5 Å². The maximum atomic E-state index is 13.2. The van der Waals surface area contributed by atoms with Gasteiger partial charge < -0.3 is 10.2 Å². The molecule has 0 saturated carbocycles. The standard InChI is InChI=1S/C24H31N3O4S/c1-17(2)22(25-23(28)20-8-6-5-7-9-20)24(29)26-12-14-27(15-13-26)32(30,31)21-11-10-18(3)16-19(21)4/h5-11,16-17,22H,12-15H2,1-4H3,(H,25,28). The second kappa shape index (κ2) is 9.83. The van der Waals surface area contributed by atoms with Gasteiger partial charge in [-0.2, -0.15) is 4.31 Å². The first-order valence-electron chi connectivity index (χ1n) is 10.8. The molecule has 7 nitrogen and oxygen atoms in total. The number of benzene rings is 2. The minimum atomic E-state index is -3.62. The van der Waals surface area contributed by atoms with Gasteiger partial charge in [-0.25, -0.2) is 8.42 Å². The number of rotatable bonds is 6. The molecule has 1 saturated heterocycles. The molecule has 1 unspecified atom stereocenters. The van der Waals surface area contributed by atoms with Crippen molar-refractivity contribution in [1.29, 1.82) is 0 Å². The number of piperazine rings is 1. The largest absolute Gasteiger partial charge is 0.340 e. The summed E-state index contributed by atoms with van der Waals surface area (Å²) in [7, 11) is -3.62. The summed E-state index contributed by atoms with van der Waals surface area (Å²) in [4.78, 5) is 27.7. The highest BCUT2D eigenvalue weighted by atomic mass is 32.2. The summed E-state index contributed by atoms with van der Waals surface area (Å²) in [6.07, 6.45) is 0. The summed E-state index contributed by atoms with van der Waals surface area (Å²) in [5.41, 5.74) is 2.22. The highest BCUT2D eigenvalue weighted by molar-refractivity contribution is 7.89. The van der Waals surface area contributed by atoms with Crippen molar-refractivity contribution < 1.29 is 18.0 Å². The molecule has 1 aliphatic heterocycles. The van der Waals surface area contributed by atoms with E-state index >= 15 is 0 Å². The Balaban J connectivity index is 1.67. The number of aryl methyl sites for hydroxylation is 2. The topological polar surface area (TPSA) is 86.8 Å². The van der Waals surface area contributed by atoms with Gasteiger partial charge in [0.2, 0.25) is 15.9 Å². The van der Waals surface area contributed by atoms with Gasteiger partial charge in [0.25, 0.3) is 5.91 Å². The fourth-order valence-corrected chi connectivity index (χ4v) is 5.53. The lowest BCUT2D eigenvalue weighted by Gasteiger charge is -2.36. The number of amides is 2. The van der Waals surface area contributed by atoms with E-state index in [0.29, 0.717) is 16.0 Å². The van der Waals surface area contributed by atoms with E-state index in [0.717, 1.165) is 5.56 Å². The molecule has 0 aromatic heterocycles. The van der Waals surface area contributed by atoms with Crippen LogP contribution in [0.15, 0.2) is 53.4 Å². The maximum Gasteiger partial charge on any atom is 0.251 e. The number of sulfonamides is 1. The molecule has 1 N–H and O–H groups in total. The van der Waals surface area contributed by atoms with E-state index in [9.17, 15) is 18.0 Å². The van der Waals surface area contributed by atoms with Crippen molar-refractivity contribution in [3.8, 4) is 0 Å². The van der Waals surface area contributed by atoms with Crippen LogP contribution in [0, 0.1) is 19.8 Å². The number of carbonyl (C=O) groups is 2. The molecule has 2 aromatic carbocycles. The smallest absolute Gasteiger partial charge is 0.251 e. The van der Waals surface area contributed by atoms with Crippen LogP contribution < -0.4 is 5.32 Å². The van der Waals surface area contributed by atoms with Gasteiger partial charge in [0, 0.05) is 31.7 Å². The second-order valence-corrected chi connectivity index (χ2v) is 10.5. The van der Waals surface area contributed by atoms with Crippen LogP contribution in [-0.4, -0.2) is 61.7 Å². The number of carbonyl (C=O) groups excluding carboxylic acids is 2. The van der Waals surface area contributed by atoms with Crippen LogP contribution in [-0.2, 0) is 14.8 Å². The van der Waals surface area contributed by atoms with E-state index in [-0.39, 0.29) is 43.9 Å². The molecule has 2 amide bonds. The van der Waals surface area contributed by atoms with Gasteiger partial charge in [-0.15, -0.1) is 0 Å². The van der Waals surface area contributed by atoms with Gasteiger partial charge in [0.1, 0.15) is 6.04 Å². The predicted octanol–water partition coefficient (Wildman–Crippen LogP) is 2.59. The van der Waals surface area contributed by atoms with E-state index in [1.807, 2.05) is 32.9 Å². The molecule has 0 bridgehead atoms. The lowest BCUT2D eigenvalue weighted by Crippen LogP contribution is -2.57. The fourth-order valence-electron chi connectivity index (χ4n) is 3.90. The third-order valence-electron chi connectivity index (χ3n) is 5.75. The van der Waals surface area contributed by atoms with Gasteiger partial charge in [-0.05, 0) is 43.5 Å². The molecular weight excluding hydrogens is 426 g/mol. The van der Waals surface area contributed by atoms with Crippen molar-refractivity contribution in [2.45, 2.75) is 38.6 Å². The zero-order valence-corrected chi connectivity index (χ0v) is 19.9. The Kier molecular flexibility index (Phi) is 7.36. The Labute approximate surface area is 190 Å². The molecule has 0 spiro atoms. The van der Waals surface area contributed by atoms with Gasteiger partial charge in [0.05, 0.1) is 4.90 Å². The van der Waals surface area contributed by atoms with Gasteiger partial charge in [-0.1, -0.05) is 49.7 Å². The van der Waals surface area contributed by atoms with E-state index in [1.54, 1.807) is 48.2 Å². The Morgan fingerprint density at radius 2 is 1.56 bits per heavy atom. The molecule has 1 atom stereocenters. The van der Waals surface area contributed by atoms with E-state index in [2.05, 4.69) is 5.32 Å². The highest BCUT2D eigenvalue weighted by Gasteiger charge is 2.34. The molecule has 0 aliphatic carbocycles. The van der Waals surface area contributed by atoms with E-state index < -0.39 is 16.1 Å². The van der Waals surface area contributed by atoms with Crippen molar-refractivity contribution >= 4 is 21.8 Å². The normalized spacial score (nSPS) is 16.1. The minimum Gasteiger partial charge on any atom is -0.340 e. The van der Waals surface area contributed by atoms with Gasteiger partial charge in [-0.3, -0.25) is 9.59 Å². The SMILES string of the molecule is Cc1ccc(S(=O)(=O)N2CCN(C(=O)C(NC(=O)c3ccccc3)C(C)C)CC2)c(C)c1. The summed E-state index contributed by atoms with van der Waals surface area (Å²) in [5.74, 6) is -0.589. The first-order valence-corrected chi connectivity index (χ1v) is 12.3. The summed E-state index contributed by atoms with van der Waals surface area (Å²) >= 11 is 0. The number of nitrogens with one attached hydrogen (secondary N) is 1.